The Hall–Kier alpha value is -0.880. The van der Waals surface area contributed by atoms with E-state index in [1.807, 2.05) is 13.1 Å². The zero-order valence-corrected chi connectivity index (χ0v) is 7.65. The van der Waals surface area contributed by atoms with E-state index < -0.39 is 0 Å². The van der Waals surface area contributed by atoms with Gasteiger partial charge in [-0.25, -0.2) is 0 Å². The molecule has 1 atom stereocenters. The van der Waals surface area contributed by atoms with Crippen molar-refractivity contribution in [1.29, 1.82) is 0 Å². The van der Waals surface area contributed by atoms with E-state index in [4.69, 9.17) is 0 Å². The van der Waals surface area contributed by atoms with Gasteiger partial charge in [-0.1, -0.05) is 5.92 Å². The Labute approximate surface area is 76.0 Å². The molecule has 0 unspecified atom stereocenters. The van der Waals surface area contributed by atoms with Crippen molar-refractivity contribution in [2.75, 3.05) is 5.75 Å². The van der Waals surface area contributed by atoms with Crippen molar-refractivity contribution < 1.29 is 4.79 Å². The van der Waals surface area contributed by atoms with Gasteiger partial charge in [0.05, 0.1) is 11.8 Å². The average molecular weight is 179 g/mol. The molecule has 2 aliphatic rings. The minimum absolute atomic E-state index is 0.225. The molecular formula is C9H9NOS. The number of β-lactam (4-membered cyclic amide) rings is 1. The lowest BCUT2D eigenvalue weighted by Gasteiger charge is -2.40. The topological polar surface area (TPSA) is 20.3 Å². The van der Waals surface area contributed by atoms with E-state index in [2.05, 4.69) is 11.8 Å². The lowest BCUT2D eigenvalue weighted by Crippen LogP contribution is -2.49. The monoisotopic (exact) mass is 179 g/mol. The number of carbonyl (C=O) groups is 1. The van der Waals surface area contributed by atoms with Crippen molar-refractivity contribution in [2.24, 2.45) is 0 Å². The second kappa shape index (κ2) is 2.87. The summed E-state index contributed by atoms with van der Waals surface area (Å²) in [6, 6.07) is 0. The highest BCUT2D eigenvalue weighted by Crippen LogP contribution is 2.35. The van der Waals surface area contributed by atoms with Gasteiger partial charge >= 0.3 is 0 Å². The van der Waals surface area contributed by atoms with Gasteiger partial charge in [-0.3, -0.25) is 4.79 Å². The van der Waals surface area contributed by atoms with Gasteiger partial charge in [0.25, 0.3) is 0 Å². The molecule has 62 valence electrons. The van der Waals surface area contributed by atoms with Crippen LogP contribution in [0, 0.1) is 11.8 Å². The maximum Gasteiger partial charge on any atom is 0.230 e. The fourth-order valence-corrected chi connectivity index (χ4v) is 2.43. The molecule has 0 aromatic heterocycles. The van der Waals surface area contributed by atoms with Gasteiger partial charge < -0.3 is 4.90 Å². The molecule has 0 spiro atoms. The van der Waals surface area contributed by atoms with Crippen LogP contribution in [0.2, 0.25) is 0 Å². The number of hydrogen-bond donors (Lipinski definition) is 0. The summed E-state index contributed by atoms with van der Waals surface area (Å²) < 4.78 is 0. The van der Waals surface area contributed by atoms with Gasteiger partial charge in [0.1, 0.15) is 0 Å². The summed E-state index contributed by atoms with van der Waals surface area (Å²) >= 11 is 1.80. The first-order chi connectivity index (χ1) is 5.81. The van der Waals surface area contributed by atoms with Gasteiger partial charge in [0.2, 0.25) is 5.91 Å². The SMILES string of the molecule is CC#CC1=CN2C(=O)C[C@H]2SC1. The second-order valence-corrected chi connectivity index (χ2v) is 3.97. The molecule has 1 fully saturated rings. The Bertz CT molecular complexity index is 310. The van der Waals surface area contributed by atoms with Crippen molar-refractivity contribution in [3.63, 3.8) is 0 Å². The molecule has 0 bridgehead atoms. The maximum atomic E-state index is 11.0. The first kappa shape index (κ1) is 7.75. The van der Waals surface area contributed by atoms with Crippen LogP contribution in [0.15, 0.2) is 11.8 Å². The highest BCUT2D eigenvalue weighted by atomic mass is 32.2. The minimum Gasteiger partial charge on any atom is -0.305 e. The number of amides is 1. The van der Waals surface area contributed by atoms with E-state index in [1.165, 1.54) is 0 Å². The summed E-state index contributed by atoms with van der Waals surface area (Å²) in [6.07, 6.45) is 2.59. The Kier molecular flexibility index (Phi) is 1.86. The van der Waals surface area contributed by atoms with Gasteiger partial charge in [0, 0.05) is 17.5 Å². The molecule has 0 aromatic carbocycles. The maximum absolute atomic E-state index is 11.0. The normalized spacial score (nSPS) is 26.4. The Morgan fingerprint density at radius 3 is 3.25 bits per heavy atom. The number of hydrogen-bond acceptors (Lipinski definition) is 2. The summed E-state index contributed by atoms with van der Waals surface area (Å²) in [4.78, 5) is 12.8. The van der Waals surface area contributed by atoms with Crippen molar-refractivity contribution in [1.82, 2.24) is 4.90 Å². The first-order valence-electron chi connectivity index (χ1n) is 3.87. The highest BCUT2D eigenvalue weighted by Gasteiger charge is 2.37. The molecule has 0 aliphatic carbocycles. The van der Waals surface area contributed by atoms with Crippen LogP contribution in [-0.4, -0.2) is 21.9 Å². The third-order valence-corrected chi connectivity index (χ3v) is 3.22. The predicted molar refractivity (Wildman–Crippen MR) is 49.2 cm³/mol. The van der Waals surface area contributed by atoms with Crippen LogP contribution in [0.4, 0.5) is 0 Å². The molecule has 0 saturated carbocycles. The van der Waals surface area contributed by atoms with Crippen LogP contribution >= 0.6 is 11.8 Å². The predicted octanol–water partition coefficient (Wildman–Crippen LogP) is 1.20. The van der Waals surface area contributed by atoms with Crippen LogP contribution < -0.4 is 0 Å². The van der Waals surface area contributed by atoms with Gasteiger partial charge in [0.15, 0.2) is 0 Å². The zero-order chi connectivity index (χ0) is 8.55. The highest BCUT2D eigenvalue weighted by molar-refractivity contribution is 8.00. The number of rotatable bonds is 0. The van der Waals surface area contributed by atoms with Crippen LogP contribution in [-0.2, 0) is 4.79 Å². The van der Waals surface area contributed by atoms with Crippen LogP contribution in [0.25, 0.3) is 0 Å². The second-order valence-electron chi connectivity index (χ2n) is 2.80. The van der Waals surface area contributed by atoms with Crippen molar-refractivity contribution >= 4 is 17.7 Å². The molecule has 0 N–H and O–H groups in total. The molecule has 3 heteroatoms. The minimum atomic E-state index is 0.225. The molecule has 2 rings (SSSR count). The summed E-state index contributed by atoms with van der Waals surface area (Å²) in [5.74, 6) is 7.01. The fourth-order valence-electron chi connectivity index (χ4n) is 1.32. The van der Waals surface area contributed by atoms with E-state index in [1.54, 1.807) is 16.7 Å². The molecule has 1 amide bonds. The summed E-state index contributed by atoms with van der Waals surface area (Å²) in [7, 11) is 0. The van der Waals surface area contributed by atoms with E-state index in [9.17, 15) is 4.79 Å². The molecule has 12 heavy (non-hydrogen) atoms. The Balaban J connectivity index is 2.17. The van der Waals surface area contributed by atoms with Gasteiger partial charge in [-0.05, 0) is 6.92 Å². The number of fused-ring (bicyclic) bond motifs is 1. The lowest BCUT2D eigenvalue weighted by molar-refractivity contribution is -0.137. The summed E-state index contributed by atoms with van der Waals surface area (Å²) in [5.41, 5.74) is 1.06. The van der Waals surface area contributed by atoms with Crippen LogP contribution in [0.3, 0.4) is 0 Å². The number of thioether (sulfide) groups is 1. The van der Waals surface area contributed by atoms with E-state index in [0.717, 1.165) is 11.3 Å². The quantitative estimate of drug-likeness (QED) is 0.411. The molecule has 2 nitrogen and oxygen atoms in total. The van der Waals surface area contributed by atoms with Crippen molar-refractivity contribution in [3.8, 4) is 11.8 Å². The first-order valence-corrected chi connectivity index (χ1v) is 4.92. The van der Waals surface area contributed by atoms with Gasteiger partial charge in [-0.15, -0.1) is 17.7 Å². The Morgan fingerprint density at radius 1 is 1.75 bits per heavy atom. The lowest BCUT2D eigenvalue weighted by atomic mass is 10.2. The average Bonchev–Trinajstić information content (AvgIpc) is 2.07. The van der Waals surface area contributed by atoms with Gasteiger partial charge in [-0.2, -0.15) is 0 Å². The van der Waals surface area contributed by atoms with E-state index >= 15 is 0 Å². The molecule has 2 aliphatic heterocycles. The van der Waals surface area contributed by atoms with Crippen molar-refractivity contribution in [2.45, 2.75) is 18.7 Å². The molecule has 1 saturated heterocycles. The zero-order valence-electron chi connectivity index (χ0n) is 6.83. The number of carbonyl (C=O) groups excluding carboxylic acids is 1. The number of nitrogens with zero attached hydrogens (tertiary/aromatic N) is 1. The summed E-state index contributed by atoms with van der Waals surface area (Å²) in [6.45, 7) is 1.82. The standard InChI is InChI=1S/C9H9NOS/c1-2-3-7-5-10-8(11)4-9(10)12-6-7/h5,9H,4,6H2,1H3/t9-/m1/s1. The third kappa shape index (κ3) is 1.12. The molecule has 2 heterocycles. The molecular weight excluding hydrogens is 170 g/mol. The third-order valence-electron chi connectivity index (χ3n) is 1.96. The van der Waals surface area contributed by atoms with E-state index in [0.29, 0.717) is 11.8 Å². The molecule has 0 radical (unpaired) electrons. The van der Waals surface area contributed by atoms with Crippen LogP contribution in [0.5, 0.6) is 0 Å². The fraction of sp³-hybridized carbons (Fsp3) is 0.444. The smallest absolute Gasteiger partial charge is 0.230 e. The van der Waals surface area contributed by atoms with Crippen molar-refractivity contribution in [3.05, 3.63) is 11.8 Å². The summed E-state index contributed by atoms with van der Waals surface area (Å²) in [5, 5.41) is 0.403. The van der Waals surface area contributed by atoms with E-state index in [-0.39, 0.29) is 5.91 Å². The largest absolute Gasteiger partial charge is 0.305 e. The van der Waals surface area contributed by atoms with Crippen LogP contribution in [0.1, 0.15) is 13.3 Å². The Morgan fingerprint density at radius 2 is 2.58 bits per heavy atom. The molecule has 0 aromatic rings.